The molecule has 0 unspecified atom stereocenters. The molecule has 1 aliphatic rings. The summed E-state index contributed by atoms with van der Waals surface area (Å²) in [6.45, 7) is 5.41. The van der Waals surface area contributed by atoms with E-state index in [4.69, 9.17) is 23.8 Å². The third-order valence-electron chi connectivity index (χ3n) is 3.34. The molecule has 0 bridgehead atoms. The number of hydrogen-bond acceptors (Lipinski definition) is 4. The van der Waals surface area contributed by atoms with Gasteiger partial charge in [-0.05, 0) is 37.5 Å². The number of amides is 1. The van der Waals surface area contributed by atoms with Gasteiger partial charge in [-0.15, -0.1) is 0 Å². The minimum Gasteiger partial charge on any atom is -0.368 e. The van der Waals surface area contributed by atoms with Crippen LogP contribution in [0.2, 0.25) is 5.02 Å². The van der Waals surface area contributed by atoms with E-state index in [1.165, 1.54) is 6.92 Å². The van der Waals surface area contributed by atoms with Crippen LogP contribution in [0, 0.1) is 0 Å². The number of piperazine rings is 1. The van der Waals surface area contributed by atoms with Crippen molar-refractivity contribution in [3.05, 3.63) is 23.2 Å². The normalized spacial score (nSPS) is 15.7. The molecule has 0 radical (unpaired) electrons. The number of benzene rings is 1. The molecule has 21 heavy (non-hydrogen) atoms. The Kier molecular flexibility index (Phi) is 5.39. The summed E-state index contributed by atoms with van der Waals surface area (Å²) in [6.07, 6.45) is 0. The highest BCUT2D eigenvalue weighted by atomic mass is 35.5. The molecule has 0 atom stereocenters. The lowest BCUT2D eigenvalue weighted by molar-refractivity contribution is -0.117. The molecule has 0 aliphatic carbocycles. The first kappa shape index (κ1) is 16.0. The molecular weight excluding hydrogens is 308 g/mol. The average molecular weight is 327 g/mol. The van der Waals surface area contributed by atoms with E-state index in [0.29, 0.717) is 5.02 Å². The lowest BCUT2D eigenvalue weighted by Gasteiger charge is -2.34. The van der Waals surface area contributed by atoms with Crippen LogP contribution in [0.3, 0.4) is 0 Å². The van der Waals surface area contributed by atoms with Gasteiger partial charge in [0.05, 0.1) is 10.7 Å². The first-order valence-corrected chi connectivity index (χ1v) is 7.56. The zero-order chi connectivity index (χ0) is 15.4. The molecule has 1 aliphatic heterocycles. The van der Waals surface area contributed by atoms with Crippen LogP contribution >= 0.6 is 23.8 Å². The summed E-state index contributed by atoms with van der Waals surface area (Å²) < 4.78 is 0. The largest absolute Gasteiger partial charge is 0.368 e. The molecule has 1 aromatic rings. The van der Waals surface area contributed by atoms with Crippen LogP contribution in [0.4, 0.5) is 11.4 Å². The fraction of sp³-hybridized carbons (Fsp3) is 0.429. The number of carbonyl (C=O) groups is 1. The fourth-order valence-electron chi connectivity index (χ4n) is 2.21. The van der Waals surface area contributed by atoms with Crippen molar-refractivity contribution in [3.8, 4) is 0 Å². The zero-order valence-electron chi connectivity index (χ0n) is 12.1. The van der Waals surface area contributed by atoms with Crippen LogP contribution in [0.25, 0.3) is 0 Å². The highest BCUT2D eigenvalue weighted by Crippen LogP contribution is 2.29. The van der Waals surface area contributed by atoms with Gasteiger partial charge in [-0.2, -0.15) is 0 Å². The Morgan fingerprint density at radius 2 is 1.95 bits per heavy atom. The second kappa shape index (κ2) is 7.06. The molecule has 7 heteroatoms. The van der Waals surface area contributed by atoms with E-state index in [1.54, 1.807) is 0 Å². The van der Waals surface area contributed by atoms with Gasteiger partial charge in [0, 0.05) is 38.8 Å². The Morgan fingerprint density at radius 1 is 1.29 bits per heavy atom. The van der Waals surface area contributed by atoms with Gasteiger partial charge in [-0.25, -0.2) is 0 Å². The predicted octanol–water partition coefficient (Wildman–Crippen LogP) is 1.92. The van der Waals surface area contributed by atoms with Gasteiger partial charge in [0.15, 0.2) is 5.11 Å². The zero-order valence-corrected chi connectivity index (χ0v) is 13.7. The Balaban J connectivity index is 2.03. The summed E-state index contributed by atoms with van der Waals surface area (Å²) in [5.41, 5.74) is 1.79. The van der Waals surface area contributed by atoms with E-state index in [2.05, 4.69) is 27.5 Å². The maximum Gasteiger partial charge on any atom is 0.222 e. The molecule has 0 aromatic heterocycles. The monoisotopic (exact) mass is 326 g/mol. The molecule has 2 N–H and O–H groups in total. The number of carbonyl (C=O) groups excluding carboxylic acids is 1. The van der Waals surface area contributed by atoms with Gasteiger partial charge in [-0.3, -0.25) is 4.79 Å². The summed E-state index contributed by atoms with van der Waals surface area (Å²) in [5.74, 6) is -0.201. The number of anilines is 2. The Hall–Kier alpha value is -1.37. The number of nitrogens with zero attached hydrogens (tertiary/aromatic N) is 2. The van der Waals surface area contributed by atoms with Gasteiger partial charge in [0.2, 0.25) is 5.91 Å². The molecule has 1 saturated heterocycles. The van der Waals surface area contributed by atoms with Gasteiger partial charge < -0.3 is 20.4 Å². The third-order valence-corrected chi connectivity index (χ3v) is 3.85. The maximum absolute atomic E-state index is 10.9. The Bertz CT molecular complexity index is 544. The summed E-state index contributed by atoms with van der Waals surface area (Å²) in [5, 5.41) is 6.40. The molecule has 0 saturated carbocycles. The second-order valence-corrected chi connectivity index (χ2v) is 5.91. The van der Waals surface area contributed by atoms with E-state index in [-0.39, 0.29) is 11.0 Å². The maximum atomic E-state index is 10.9. The first-order valence-electron chi connectivity index (χ1n) is 6.77. The van der Waals surface area contributed by atoms with Crippen molar-refractivity contribution >= 4 is 46.2 Å². The molecule has 1 fully saturated rings. The lowest BCUT2D eigenvalue weighted by atomic mass is 10.2. The predicted molar refractivity (Wildman–Crippen MR) is 91.2 cm³/mol. The topological polar surface area (TPSA) is 47.6 Å². The quantitative estimate of drug-likeness (QED) is 0.813. The number of thiocarbonyl (C=S) groups is 1. The van der Waals surface area contributed by atoms with Crippen LogP contribution in [0.15, 0.2) is 18.2 Å². The van der Waals surface area contributed by atoms with Gasteiger partial charge in [0.1, 0.15) is 0 Å². The molecule has 114 valence electrons. The van der Waals surface area contributed by atoms with Crippen molar-refractivity contribution in [3.63, 3.8) is 0 Å². The van der Waals surface area contributed by atoms with Gasteiger partial charge >= 0.3 is 0 Å². The molecule has 0 spiro atoms. The lowest BCUT2D eigenvalue weighted by Crippen LogP contribution is -2.44. The molecule has 1 heterocycles. The molecule has 1 aromatic carbocycles. The third kappa shape index (κ3) is 4.56. The van der Waals surface area contributed by atoms with E-state index >= 15 is 0 Å². The van der Waals surface area contributed by atoms with Crippen molar-refractivity contribution in [2.75, 3.05) is 43.4 Å². The summed E-state index contributed by atoms with van der Waals surface area (Å²) in [7, 11) is 2.12. The smallest absolute Gasteiger partial charge is 0.222 e. The van der Waals surface area contributed by atoms with E-state index in [0.717, 1.165) is 37.6 Å². The number of likely N-dealkylation sites (N-methyl/N-ethyl adjacent to an activating group) is 1. The molecule has 1 amide bonds. The van der Waals surface area contributed by atoms with Gasteiger partial charge in [0.25, 0.3) is 0 Å². The van der Waals surface area contributed by atoms with Crippen LogP contribution in [0.1, 0.15) is 6.92 Å². The van der Waals surface area contributed by atoms with Gasteiger partial charge in [-0.1, -0.05) is 11.6 Å². The van der Waals surface area contributed by atoms with Crippen LogP contribution in [-0.4, -0.2) is 49.1 Å². The van der Waals surface area contributed by atoms with Crippen molar-refractivity contribution < 1.29 is 4.79 Å². The molecule has 5 nitrogen and oxygen atoms in total. The van der Waals surface area contributed by atoms with Crippen LogP contribution < -0.4 is 15.5 Å². The molecule has 2 rings (SSSR count). The average Bonchev–Trinajstić information content (AvgIpc) is 2.39. The minimum atomic E-state index is -0.201. The standard InChI is InChI=1S/C14H19ClN4OS/c1-10(20)16-14(21)17-11-3-4-13(12(15)9-11)19-7-5-18(2)6-8-19/h3-4,9H,5-8H2,1-2H3,(H2,16,17,20,21). The van der Waals surface area contributed by atoms with E-state index in [9.17, 15) is 4.79 Å². The summed E-state index contributed by atoms with van der Waals surface area (Å²) in [6, 6.07) is 5.71. The van der Waals surface area contributed by atoms with E-state index < -0.39 is 0 Å². The van der Waals surface area contributed by atoms with Crippen LogP contribution in [-0.2, 0) is 4.79 Å². The second-order valence-electron chi connectivity index (χ2n) is 5.09. The molecular formula is C14H19ClN4OS. The number of nitrogens with one attached hydrogen (secondary N) is 2. The summed E-state index contributed by atoms with van der Waals surface area (Å²) >= 11 is 11.4. The highest BCUT2D eigenvalue weighted by molar-refractivity contribution is 7.80. The van der Waals surface area contributed by atoms with Crippen molar-refractivity contribution in [2.45, 2.75) is 6.92 Å². The number of rotatable bonds is 2. The van der Waals surface area contributed by atoms with Crippen molar-refractivity contribution in [2.24, 2.45) is 0 Å². The van der Waals surface area contributed by atoms with E-state index in [1.807, 2.05) is 18.2 Å². The summed E-state index contributed by atoms with van der Waals surface area (Å²) in [4.78, 5) is 15.5. The van der Waals surface area contributed by atoms with Crippen LogP contribution in [0.5, 0.6) is 0 Å². The van der Waals surface area contributed by atoms with Crippen molar-refractivity contribution in [1.29, 1.82) is 0 Å². The first-order chi connectivity index (χ1) is 9.95. The minimum absolute atomic E-state index is 0.201. The number of halogens is 1. The number of hydrogen-bond donors (Lipinski definition) is 2. The SMILES string of the molecule is CC(=O)NC(=S)Nc1ccc(N2CCN(C)CC2)c(Cl)c1. The Labute approximate surface area is 135 Å². The Morgan fingerprint density at radius 3 is 2.52 bits per heavy atom. The fourth-order valence-corrected chi connectivity index (χ4v) is 2.77. The highest BCUT2D eigenvalue weighted by Gasteiger charge is 2.16. The van der Waals surface area contributed by atoms with Crippen molar-refractivity contribution in [1.82, 2.24) is 10.2 Å².